The van der Waals surface area contributed by atoms with Crippen molar-refractivity contribution in [1.29, 1.82) is 0 Å². The minimum absolute atomic E-state index is 0.0474. The van der Waals surface area contributed by atoms with Gasteiger partial charge in [0.05, 0.1) is 0 Å². The van der Waals surface area contributed by atoms with Gasteiger partial charge < -0.3 is 15.7 Å². The van der Waals surface area contributed by atoms with Crippen molar-refractivity contribution >= 4 is 23.3 Å². The van der Waals surface area contributed by atoms with Gasteiger partial charge >= 0.3 is 12.0 Å². The van der Waals surface area contributed by atoms with Crippen molar-refractivity contribution in [3.05, 3.63) is 22.4 Å². The van der Waals surface area contributed by atoms with Crippen LogP contribution < -0.4 is 10.6 Å². The summed E-state index contributed by atoms with van der Waals surface area (Å²) in [7, 11) is 0. The van der Waals surface area contributed by atoms with E-state index in [-0.39, 0.29) is 6.04 Å². The molecule has 2 amide bonds. The van der Waals surface area contributed by atoms with Crippen LogP contribution in [0, 0.1) is 0 Å². The number of rotatable bonds is 7. The van der Waals surface area contributed by atoms with E-state index < -0.39 is 17.5 Å². The van der Waals surface area contributed by atoms with Crippen molar-refractivity contribution in [3.8, 4) is 0 Å². The maximum Gasteiger partial charge on any atom is 0.329 e. The van der Waals surface area contributed by atoms with Crippen LogP contribution in [-0.4, -0.2) is 28.7 Å². The molecular weight excluding hydrogens is 276 g/mol. The van der Waals surface area contributed by atoms with E-state index in [1.165, 1.54) is 4.88 Å². The van der Waals surface area contributed by atoms with Gasteiger partial charge in [-0.25, -0.2) is 9.59 Å². The fourth-order valence-electron chi connectivity index (χ4n) is 2.04. The number of nitrogens with one attached hydrogen (secondary N) is 2. The van der Waals surface area contributed by atoms with Gasteiger partial charge in [-0.05, 0) is 31.2 Å². The number of carbonyl (C=O) groups is 2. The van der Waals surface area contributed by atoms with Gasteiger partial charge in [0, 0.05) is 17.3 Å². The van der Waals surface area contributed by atoms with Gasteiger partial charge in [-0.2, -0.15) is 0 Å². The van der Waals surface area contributed by atoms with Crippen molar-refractivity contribution in [1.82, 2.24) is 10.6 Å². The number of thiophene rings is 1. The highest BCUT2D eigenvalue weighted by Gasteiger charge is 2.36. The number of hydrogen-bond donors (Lipinski definition) is 3. The average Bonchev–Trinajstić information content (AvgIpc) is 2.88. The maximum absolute atomic E-state index is 11.9. The van der Waals surface area contributed by atoms with E-state index in [9.17, 15) is 14.7 Å². The van der Waals surface area contributed by atoms with Crippen molar-refractivity contribution in [2.75, 3.05) is 0 Å². The second-order valence-electron chi connectivity index (χ2n) is 4.88. The fourth-order valence-corrected chi connectivity index (χ4v) is 2.88. The molecular formula is C14H22N2O3S. The first-order valence-electron chi connectivity index (χ1n) is 6.78. The summed E-state index contributed by atoms with van der Waals surface area (Å²) in [5.41, 5.74) is -1.19. The zero-order valence-corrected chi connectivity index (χ0v) is 12.9. The largest absolute Gasteiger partial charge is 0.480 e. The molecule has 1 aromatic heterocycles. The Kier molecular flexibility index (Phi) is 6.01. The lowest BCUT2D eigenvalue weighted by molar-refractivity contribution is -0.144. The molecule has 0 fully saturated rings. The quantitative estimate of drug-likeness (QED) is 0.724. The number of carboxylic acids is 1. The van der Waals surface area contributed by atoms with Gasteiger partial charge in [-0.3, -0.25) is 0 Å². The van der Waals surface area contributed by atoms with Crippen molar-refractivity contribution < 1.29 is 14.7 Å². The van der Waals surface area contributed by atoms with E-state index in [4.69, 9.17) is 0 Å². The molecule has 0 saturated carbocycles. The highest BCUT2D eigenvalue weighted by molar-refractivity contribution is 7.09. The summed E-state index contributed by atoms with van der Waals surface area (Å²) in [5, 5.41) is 16.6. The average molecular weight is 298 g/mol. The standard InChI is InChI=1S/C14H22N2O3S/c1-4-14(5-2,12(17)18)16-13(19)15-10(3)9-11-7-6-8-20-11/h6-8,10H,4-5,9H2,1-3H3,(H,17,18)(H2,15,16,19). The first kappa shape index (κ1) is 16.5. The highest BCUT2D eigenvalue weighted by atomic mass is 32.1. The van der Waals surface area contributed by atoms with Gasteiger partial charge in [0.1, 0.15) is 5.54 Å². The molecule has 112 valence electrons. The van der Waals surface area contributed by atoms with Crippen LogP contribution >= 0.6 is 11.3 Å². The minimum Gasteiger partial charge on any atom is -0.480 e. The van der Waals surface area contributed by atoms with Crippen molar-refractivity contribution in [2.24, 2.45) is 0 Å². The van der Waals surface area contributed by atoms with Crippen LogP contribution in [0.1, 0.15) is 38.5 Å². The second kappa shape index (κ2) is 7.28. The molecule has 5 nitrogen and oxygen atoms in total. The lowest BCUT2D eigenvalue weighted by Crippen LogP contribution is -2.57. The normalized spacial score (nSPS) is 12.8. The van der Waals surface area contributed by atoms with E-state index in [2.05, 4.69) is 10.6 Å². The second-order valence-corrected chi connectivity index (χ2v) is 5.91. The lowest BCUT2D eigenvalue weighted by Gasteiger charge is -2.28. The SMILES string of the molecule is CCC(CC)(NC(=O)NC(C)Cc1cccs1)C(=O)O. The van der Waals surface area contributed by atoms with Crippen molar-refractivity contribution in [2.45, 2.75) is 51.6 Å². The third-order valence-electron chi connectivity index (χ3n) is 3.43. The van der Waals surface area contributed by atoms with Crippen LogP contribution in [0.25, 0.3) is 0 Å². The number of hydrogen-bond acceptors (Lipinski definition) is 3. The van der Waals surface area contributed by atoms with Crippen LogP contribution in [0.5, 0.6) is 0 Å². The molecule has 0 spiro atoms. The number of amides is 2. The Labute approximate surface area is 123 Å². The van der Waals surface area contributed by atoms with Crippen LogP contribution in [0.2, 0.25) is 0 Å². The van der Waals surface area contributed by atoms with E-state index in [0.29, 0.717) is 12.8 Å². The third-order valence-corrected chi connectivity index (χ3v) is 4.33. The molecule has 20 heavy (non-hydrogen) atoms. The predicted molar refractivity (Wildman–Crippen MR) is 80.1 cm³/mol. The maximum atomic E-state index is 11.9. The third kappa shape index (κ3) is 4.23. The molecule has 1 atom stereocenters. The van der Waals surface area contributed by atoms with E-state index >= 15 is 0 Å². The number of carboxylic acid groups (broad SMARTS) is 1. The Hall–Kier alpha value is -1.56. The zero-order valence-electron chi connectivity index (χ0n) is 12.1. The van der Waals surface area contributed by atoms with E-state index in [1.807, 2.05) is 24.4 Å². The first-order chi connectivity index (χ1) is 9.43. The van der Waals surface area contributed by atoms with Crippen molar-refractivity contribution in [3.63, 3.8) is 0 Å². The predicted octanol–water partition coefficient (Wildman–Crippen LogP) is 2.62. The molecule has 1 heterocycles. The molecule has 3 N–H and O–H groups in total. The van der Waals surface area contributed by atoms with E-state index in [0.717, 1.165) is 6.42 Å². The summed E-state index contributed by atoms with van der Waals surface area (Å²) < 4.78 is 0. The molecule has 0 aliphatic heterocycles. The van der Waals surface area contributed by atoms with Crippen LogP contribution in [0.3, 0.4) is 0 Å². The summed E-state index contributed by atoms with van der Waals surface area (Å²) >= 11 is 1.64. The van der Waals surface area contributed by atoms with Gasteiger partial charge in [0.2, 0.25) is 0 Å². The molecule has 0 aliphatic carbocycles. The smallest absolute Gasteiger partial charge is 0.329 e. The molecule has 6 heteroatoms. The van der Waals surface area contributed by atoms with Crippen LogP contribution in [0.4, 0.5) is 4.79 Å². The fraction of sp³-hybridized carbons (Fsp3) is 0.571. The Morgan fingerprint density at radius 3 is 2.50 bits per heavy atom. The Bertz CT molecular complexity index is 441. The Morgan fingerprint density at radius 1 is 1.40 bits per heavy atom. The van der Waals surface area contributed by atoms with Crippen LogP contribution in [-0.2, 0) is 11.2 Å². The van der Waals surface area contributed by atoms with Gasteiger partial charge in [-0.1, -0.05) is 19.9 Å². The Balaban J connectivity index is 2.55. The first-order valence-corrected chi connectivity index (χ1v) is 7.66. The lowest BCUT2D eigenvalue weighted by atomic mass is 9.93. The number of urea groups is 1. The monoisotopic (exact) mass is 298 g/mol. The molecule has 0 aromatic carbocycles. The summed E-state index contributed by atoms with van der Waals surface area (Å²) in [6.45, 7) is 5.42. The summed E-state index contributed by atoms with van der Waals surface area (Å²) in [6.07, 6.45) is 1.44. The summed E-state index contributed by atoms with van der Waals surface area (Å²) in [6, 6.07) is 3.51. The zero-order chi connectivity index (χ0) is 15.2. The van der Waals surface area contributed by atoms with Gasteiger partial charge in [0.25, 0.3) is 0 Å². The topological polar surface area (TPSA) is 78.4 Å². The summed E-state index contributed by atoms with van der Waals surface area (Å²) in [5.74, 6) is -0.997. The van der Waals surface area contributed by atoms with E-state index in [1.54, 1.807) is 25.2 Å². The summed E-state index contributed by atoms with van der Waals surface area (Å²) in [4.78, 5) is 24.4. The molecule has 1 rings (SSSR count). The molecule has 0 aliphatic rings. The van der Waals surface area contributed by atoms with Gasteiger partial charge in [-0.15, -0.1) is 11.3 Å². The molecule has 0 radical (unpaired) electrons. The number of carbonyl (C=O) groups excluding carboxylic acids is 1. The highest BCUT2D eigenvalue weighted by Crippen LogP contribution is 2.15. The molecule has 1 aromatic rings. The Morgan fingerprint density at radius 2 is 2.05 bits per heavy atom. The molecule has 0 bridgehead atoms. The van der Waals surface area contributed by atoms with Gasteiger partial charge in [0.15, 0.2) is 0 Å². The number of aliphatic carboxylic acids is 1. The molecule has 1 unspecified atom stereocenters. The minimum atomic E-state index is -1.19. The molecule has 0 saturated heterocycles. The van der Waals surface area contributed by atoms with Crippen LogP contribution in [0.15, 0.2) is 17.5 Å².